The number of hydrogen-bond acceptors (Lipinski definition) is 11. The zero-order valence-corrected chi connectivity index (χ0v) is 31.7. The van der Waals surface area contributed by atoms with E-state index < -0.39 is 14.3 Å². The van der Waals surface area contributed by atoms with E-state index >= 15 is 0 Å². The lowest BCUT2D eigenvalue weighted by Gasteiger charge is -2.43. The summed E-state index contributed by atoms with van der Waals surface area (Å²) in [6.45, 7) is 20.2. The Morgan fingerprint density at radius 3 is 1.06 bits per heavy atom. The van der Waals surface area contributed by atoms with Crippen molar-refractivity contribution in [3.05, 3.63) is 72.8 Å². The molecule has 11 nitrogen and oxygen atoms in total. The van der Waals surface area contributed by atoms with Crippen LogP contribution in [0, 0.1) is 0 Å². The SMILES string of the molecule is C=C(C)C(=O)OCCOCCOCCOCCOCCOCCOCCOCCOCCO[Si](c1ccccc1)(c1ccccc1)C(C)(C)C. The average Bonchev–Trinajstić information content (AvgIpc) is 3.11. The Labute approximate surface area is 300 Å². The molecule has 0 aliphatic rings. The summed E-state index contributed by atoms with van der Waals surface area (Å²) >= 11 is 0. The van der Waals surface area contributed by atoms with Crippen LogP contribution < -0.4 is 10.4 Å². The second-order valence-corrected chi connectivity index (χ2v) is 16.6. The lowest BCUT2D eigenvalue weighted by Crippen LogP contribution is -2.66. The molecule has 0 heterocycles. The van der Waals surface area contributed by atoms with E-state index in [1.807, 2.05) is 0 Å². The molecular formula is C38H60O11Si. The molecule has 2 rings (SSSR count). The van der Waals surface area contributed by atoms with Gasteiger partial charge in [0, 0.05) is 5.57 Å². The molecular weight excluding hydrogens is 660 g/mol. The molecule has 0 amide bonds. The highest BCUT2D eigenvalue weighted by Gasteiger charge is 2.50. The van der Waals surface area contributed by atoms with E-state index in [1.54, 1.807) is 6.92 Å². The van der Waals surface area contributed by atoms with Crippen molar-refractivity contribution >= 4 is 24.7 Å². The molecule has 0 saturated carbocycles. The van der Waals surface area contributed by atoms with Gasteiger partial charge in [-0.2, -0.15) is 0 Å². The standard InChI is InChI=1S/C38H60O11Si/c1-34(2)37(39)48-32-30-46-28-26-44-24-22-42-20-18-40-16-17-41-19-21-43-23-25-45-27-29-47-31-33-49-50(38(3,4)5,35-12-8-6-9-13-35)36-14-10-7-11-15-36/h6-15H,1,16-33H2,2-5H3. The second kappa shape index (κ2) is 27.2. The highest BCUT2D eigenvalue weighted by Crippen LogP contribution is 2.36. The molecule has 12 heteroatoms. The van der Waals surface area contributed by atoms with Crippen LogP contribution in [0.25, 0.3) is 0 Å². The first-order chi connectivity index (χ1) is 24.3. The summed E-state index contributed by atoms with van der Waals surface area (Å²) in [5, 5.41) is 2.47. The van der Waals surface area contributed by atoms with E-state index in [0.29, 0.717) is 118 Å². The number of hydrogen-bond donors (Lipinski definition) is 0. The van der Waals surface area contributed by atoms with Gasteiger partial charge in [0.25, 0.3) is 8.32 Å². The van der Waals surface area contributed by atoms with Crippen molar-refractivity contribution in [3.63, 3.8) is 0 Å². The van der Waals surface area contributed by atoms with Crippen LogP contribution in [0.3, 0.4) is 0 Å². The fourth-order valence-corrected chi connectivity index (χ4v) is 9.52. The highest BCUT2D eigenvalue weighted by atomic mass is 28.4. The highest BCUT2D eigenvalue weighted by molar-refractivity contribution is 6.99. The molecule has 0 fully saturated rings. The third kappa shape index (κ3) is 18.1. The Morgan fingerprint density at radius 2 is 0.780 bits per heavy atom. The van der Waals surface area contributed by atoms with E-state index in [4.69, 9.17) is 47.1 Å². The summed E-state index contributed by atoms with van der Waals surface area (Å²) in [5.74, 6) is -0.412. The van der Waals surface area contributed by atoms with Crippen molar-refractivity contribution in [1.29, 1.82) is 0 Å². The smallest absolute Gasteiger partial charge is 0.333 e. The van der Waals surface area contributed by atoms with Crippen molar-refractivity contribution in [2.45, 2.75) is 32.7 Å². The maximum absolute atomic E-state index is 11.2. The van der Waals surface area contributed by atoms with Crippen LogP contribution in [0.2, 0.25) is 5.04 Å². The van der Waals surface area contributed by atoms with E-state index in [9.17, 15) is 4.79 Å². The quantitative estimate of drug-likeness (QED) is 0.0491. The topological polar surface area (TPSA) is 109 Å². The van der Waals surface area contributed by atoms with Gasteiger partial charge in [0.2, 0.25) is 0 Å². The summed E-state index contributed by atoms with van der Waals surface area (Å²) in [7, 11) is -2.54. The molecule has 0 aliphatic carbocycles. The summed E-state index contributed by atoms with van der Waals surface area (Å²) in [5.41, 5.74) is 0.371. The third-order valence-corrected chi connectivity index (χ3v) is 12.4. The number of esters is 1. The molecule has 0 bridgehead atoms. The van der Waals surface area contributed by atoms with Gasteiger partial charge in [0.1, 0.15) is 6.61 Å². The van der Waals surface area contributed by atoms with E-state index in [2.05, 4.69) is 88.0 Å². The molecule has 0 N–H and O–H groups in total. The van der Waals surface area contributed by atoms with Crippen LogP contribution in [0.5, 0.6) is 0 Å². The van der Waals surface area contributed by atoms with Gasteiger partial charge in [-0.1, -0.05) is 88.0 Å². The van der Waals surface area contributed by atoms with Crippen LogP contribution in [-0.2, 0) is 51.9 Å². The zero-order valence-electron chi connectivity index (χ0n) is 30.7. The molecule has 0 spiro atoms. The molecule has 50 heavy (non-hydrogen) atoms. The van der Waals surface area contributed by atoms with Crippen LogP contribution >= 0.6 is 0 Å². The predicted octanol–water partition coefficient (Wildman–Crippen LogP) is 3.82. The summed E-state index contributed by atoms with van der Waals surface area (Å²) in [4.78, 5) is 11.2. The molecule has 2 aromatic rings. The first-order valence-corrected chi connectivity index (χ1v) is 19.4. The monoisotopic (exact) mass is 720 g/mol. The average molecular weight is 721 g/mol. The molecule has 0 atom stereocenters. The first-order valence-electron chi connectivity index (χ1n) is 17.5. The maximum Gasteiger partial charge on any atom is 0.333 e. The van der Waals surface area contributed by atoms with E-state index in [-0.39, 0.29) is 11.6 Å². The zero-order chi connectivity index (χ0) is 36.2. The summed E-state index contributed by atoms with van der Waals surface area (Å²) in [6.07, 6.45) is 0. The minimum atomic E-state index is -2.54. The van der Waals surface area contributed by atoms with Crippen molar-refractivity contribution in [2.24, 2.45) is 0 Å². The van der Waals surface area contributed by atoms with Crippen molar-refractivity contribution in [1.82, 2.24) is 0 Å². The summed E-state index contributed by atoms with van der Waals surface area (Å²) in [6, 6.07) is 21.2. The Bertz CT molecular complexity index is 1090. The lowest BCUT2D eigenvalue weighted by atomic mass is 10.2. The number of rotatable bonds is 31. The first kappa shape index (κ1) is 43.7. The lowest BCUT2D eigenvalue weighted by molar-refractivity contribution is -0.140. The van der Waals surface area contributed by atoms with E-state index in [1.165, 1.54) is 10.4 Å². The Hall–Kier alpha value is -2.49. The van der Waals surface area contributed by atoms with Crippen LogP contribution in [-0.4, -0.2) is 133 Å². The van der Waals surface area contributed by atoms with Crippen molar-refractivity contribution < 1.29 is 51.9 Å². The van der Waals surface area contributed by atoms with Gasteiger partial charge in [-0.05, 0) is 22.3 Å². The fourth-order valence-electron chi connectivity index (χ4n) is 4.97. The van der Waals surface area contributed by atoms with Crippen LogP contribution in [0.15, 0.2) is 72.8 Å². The minimum Gasteiger partial charge on any atom is -0.460 e. The van der Waals surface area contributed by atoms with Gasteiger partial charge >= 0.3 is 5.97 Å². The van der Waals surface area contributed by atoms with Crippen LogP contribution in [0.4, 0.5) is 0 Å². The van der Waals surface area contributed by atoms with Gasteiger partial charge in [0.05, 0.1) is 112 Å². The number of carbonyl (C=O) groups excluding carboxylic acids is 1. The molecule has 0 saturated heterocycles. The molecule has 282 valence electrons. The summed E-state index contributed by atoms with van der Waals surface area (Å²) < 4.78 is 56.0. The molecule has 0 aliphatic heterocycles. The maximum atomic E-state index is 11.2. The number of ether oxygens (including phenoxy) is 9. The Kier molecular flexibility index (Phi) is 23.8. The fraction of sp³-hybridized carbons (Fsp3) is 0.605. The number of benzene rings is 2. The van der Waals surface area contributed by atoms with Gasteiger partial charge in [-0.3, -0.25) is 0 Å². The largest absolute Gasteiger partial charge is 0.460 e. The molecule has 0 unspecified atom stereocenters. The minimum absolute atomic E-state index is 0.0591. The Morgan fingerprint density at radius 1 is 0.500 bits per heavy atom. The van der Waals surface area contributed by atoms with Gasteiger partial charge < -0.3 is 47.1 Å². The van der Waals surface area contributed by atoms with Gasteiger partial charge in [-0.15, -0.1) is 0 Å². The predicted molar refractivity (Wildman–Crippen MR) is 196 cm³/mol. The molecule has 0 radical (unpaired) electrons. The van der Waals surface area contributed by atoms with E-state index in [0.717, 1.165) is 0 Å². The van der Waals surface area contributed by atoms with Crippen molar-refractivity contribution in [3.8, 4) is 0 Å². The third-order valence-electron chi connectivity index (χ3n) is 7.38. The van der Waals surface area contributed by atoms with Crippen molar-refractivity contribution in [2.75, 3.05) is 119 Å². The number of carbonyl (C=O) groups is 1. The second-order valence-electron chi connectivity index (χ2n) is 12.3. The van der Waals surface area contributed by atoms with Gasteiger partial charge in [0.15, 0.2) is 0 Å². The van der Waals surface area contributed by atoms with Gasteiger partial charge in [-0.25, -0.2) is 4.79 Å². The van der Waals surface area contributed by atoms with Crippen LogP contribution in [0.1, 0.15) is 27.7 Å². The Balaban J connectivity index is 1.36. The normalized spacial score (nSPS) is 11.9. The molecule has 2 aromatic carbocycles. The molecule has 0 aromatic heterocycles.